The lowest BCUT2D eigenvalue weighted by atomic mass is 9.92. The summed E-state index contributed by atoms with van der Waals surface area (Å²) >= 11 is 0. The summed E-state index contributed by atoms with van der Waals surface area (Å²) in [5.41, 5.74) is 2.40. The largest absolute Gasteiger partial charge is 0.376 e. The van der Waals surface area contributed by atoms with Gasteiger partial charge in [-0.15, -0.1) is 0 Å². The second-order valence-electron chi connectivity index (χ2n) is 8.28. The van der Waals surface area contributed by atoms with E-state index in [1.54, 1.807) is 6.20 Å². The molecule has 0 radical (unpaired) electrons. The molecule has 6 nitrogen and oxygen atoms in total. The number of amides is 1. The summed E-state index contributed by atoms with van der Waals surface area (Å²) in [6.07, 6.45) is 12.2. The lowest BCUT2D eigenvalue weighted by Crippen LogP contribution is -2.35. The molecule has 2 saturated heterocycles. The van der Waals surface area contributed by atoms with E-state index in [0.29, 0.717) is 18.9 Å². The Morgan fingerprint density at radius 2 is 2.10 bits per heavy atom. The summed E-state index contributed by atoms with van der Waals surface area (Å²) in [5.74, 6) is 0.835. The Hall–Kier alpha value is -2.18. The van der Waals surface area contributed by atoms with E-state index in [-0.39, 0.29) is 12.0 Å². The molecule has 0 aromatic carbocycles. The average Bonchev–Trinajstić information content (AvgIpc) is 3.44. The summed E-state index contributed by atoms with van der Waals surface area (Å²) < 4.78 is 7.78. The van der Waals surface area contributed by atoms with Gasteiger partial charge in [-0.1, -0.05) is 0 Å². The molecule has 1 atom stereocenters. The van der Waals surface area contributed by atoms with Crippen LogP contribution < -0.4 is 5.32 Å². The highest BCUT2D eigenvalue weighted by atomic mass is 16.5. The minimum Gasteiger partial charge on any atom is -0.376 e. The molecule has 4 rings (SSSR count). The molecule has 156 valence electrons. The third-order valence-electron chi connectivity index (χ3n) is 6.18. The van der Waals surface area contributed by atoms with E-state index in [1.807, 2.05) is 12.3 Å². The summed E-state index contributed by atoms with van der Waals surface area (Å²) in [7, 11) is 0. The molecule has 2 aromatic rings. The van der Waals surface area contributed by atoms with Gasteiger partial charge in [0.1, 0.15) is 0 Å². The van der Waals surface area contributed by atoms with E-state index in [1.165, 1.54) is 18.5 Å². The number of nitrogens with one attached hydrogen (secondary N) is 1. The molecule has 4 heterocycles. The van der Waals surface area contributed by atoms with Crippen LogP contribution in [0.2, 0.25) is 0 Å². The zero-order valence-corrected chi connectivity index (χ0v) is 17.1. The van der Waals surface area contributed by atoms with E-state index >= 15 is 0 Å². The van der Waals surface area contributed by atoms with Crippen LogP contribution in [-0.2, 0) is 16.1 Å². The molecular weight excluding hydrogens is 364 g/mol. The fraction of sp³-hybridized carbons (Fsp3) is 0.565. The summed E-state index contributed by atoms with van der Waals surface area (Å²) in [4.78, 5) is 18.9. The van der Waals surface area contributed by atoms with Gasteiger partial charge in [-0.3, -0.25) is 14.7 Å². The van der Waals surface area contributed by atoms with E-state index in [4.69, 9.17) is 4.74 Å². The Morgan fingerprint density at radius 1 is 1.21 bits per heavy atom. The first-order valence-electron chi connectivity index (χ1n) is 11.0. The van der Waals surface area contributed by atoms with Crippen LogP contribution in [0.3, 0.4) is 0 Å². The van der Waals surface area contributed by atoms with Gasteiger partial charge in [0, 0.05) is 44.2 Å². The van der Waals surface area contributed by atoms with Crippen molar-refractivity contribution in [2.75, 3.05) is 26.2 Å². The quantitative estimate of drug-likeness (QED) is 0.745. The van der Waals surface area contributed by atoms with Gasteiger partial charge in [0.15, 0.2) is 0 Å². The molecule has 1 amide bonds. The van der Waals surface area contributed by atoms with Crippen molar-refractivity contribution in [3.63, 3.8) is 0 Å². The maximum Gasteiger partial charge on any atom is 0.220 e. The molecule has 0 spiro atoms. The number of hydrogen-bond donors (Lipinski definition) is 1. The van der Waals surface area contributed by atoms with Crippen LogP contribution in [-0.4, -0.2) is 52.7 Å². The van der Waals surface area contributed by atoms with Crippen molar-refractivity contribution in [1.82, 2.24) is 19.8 Å². The molecule has 6 heteroatoms. The monoisotopic (exact) mass is 396 g/mol. The van der Waals surface area contributed by atoms with Crippen molar-refractivity contribution in [1.29, 1.82) is 0 Å². The standard InChI is InChI=1S/C23H32N4O2/c28-23(25-17-22-6-3-15-29-22)8-7-19-9-13-26(14-10-19)18-21-5-2-12-27(21)20-4-1-11-24-16-20/h1-2,4-5,11-12,16,19,22H,3,6-10,13-15,17-18H2,(H,25,28)/t22-/m1/s1. The Morgan fingerprint density at radius 3 is 2.86 bits per heavy atom. The van der Waals surface area contributed by atoms with Crippen molar-refractivity contribution in [2.24, 2.45) is 5.92 Å². The van der Waals surface area contributed by atoms with Crippen LogP contribution in [0.25, 0.3) is 5.69 Å². The van der Waals surface area contributed by atoms with Gasteiger partial charge in [-0.25, -0.2) is 0 Å². The van der Waals surface area contributed by atoms with Crippen molar-refractivity contribution >= 4 is 5.91 Å². The first-order valence-corrected chi connectivity index (χ1v) is 11.0. The Kier molecular flexibility index (Phi) is 6.96. The maximum atomic E-state index is 12.1. The molecule has 0 bridgehead atoms. The molecular formula is C23H32N4O2. The molecule has 0 unspecified atom stereocenters. The van der Waals surface area contributed by atoms with Crippen molar-refractivity contribution in [3.05, 3.63) is 48.5 Å². The molecule has 1 N–H and O–H groups in total. The van der Waals surface area contributed by atoms with Gasteiger partial charge >= 0.3 is 0 Å². The van der Waals surface area contributed by atoms with Crippen molar-refractivity contribution in [3.8, 4) is 5.69 Å². The minimum absolute atomic E-state index is 0.178. The Balaban J connectivity index is 1.17. The highest BCUT2D eigenvalue weighted by Crippen LogP contribution is 2.24. The molecule has 0 saturated carbocycles. The van der Waals surface area contributed by atoms with E-state index in [2.05, 4.69) is 44.2 Å². The fourth-order valence-corrected chi connectivity index (χ4v) is 4.41. The Bertz CT molecular complexity index is 762. The summed E-state index contributed by atoms with van der Waals surface area (Å²) in [6.45, 7) is 4.66. The van der Waals surface area contributed by atoms with Gasteiger partial charge in [0.25, 0.3) is 0 Å². The number of aromatic nitrogens is 2. The number of rotatable bonds is 8. The van der Waals surface area contributed by atoms with Crippen LogP contribution in [0.1, 0.15) is 44.2 Å². The topological polar surface area (TPSA) is 59.4 Å². The lowest BCUT2D eigenvalue weighted by Gasteiger charge is -2.32. The fourth-order valence-electron chi connectivity index (χ4n) is 4.41. The number of piperidine rings is 1. The van der Waals surface area contributed by atoms with E-state index in [9.17, 15) is 4.79 Å². The number of hydrogen-bond acceptors (Lipinski definition) is 4. The minimum atomic E-state index is 0.178. The van der Waals surface area contributed by atoms with Gasteiger partial charge in [-0.2, -0.15) is 0 Å². The zero-order valence-electron chi connectivity index (χ0n) is 17.1. The molecule has 0 aliphatic carbocycles. The van der Waals surface area contributed by atoms with Gasteiger partial charge in [-0.05, 0) is 75.4 Å². The van der Waals surface area contributed by atoms with Gasteiger partial charge in [0.2, 0.25) is 5.91 Å². The number of likely N-dealkylation sites (tertiary alicyclic amines) is 1. The summed E-state index contributed by atoms with van der Waals surface area (Å²) in [5, 5.41) is 3.04. The van der Waals surface area contributed by atoms with Gasteiger partial charge in [0.05, 0.1) is 18.0 Å². The third-order valence-corrected chi connectivity index (χ3v) is 6.18. The highest BCUT2D eigenvalue weighted by molar-refractivity contribution is 5.75. The molecule has 2 aliphatic heterocycles. The number of carbonyl (C=O) groups is 1. The lowest BCUT2D eigenvalue weighted by molar-refractivity contribution is -0.122. The summed E-state index contributed by atoms with van der Waals surface area (Å²) in [6, 6.07) is 8.36. The number of nitrogens with zero attached hydrogens (tertiary/aromatic N) is 3. The smallest absolute Gasteiger partial charge is 0.220 e. The van der Waals surface area contributed by atoms with E-state index in [0.717, 1.165) is 51.2 Å². The van der Waals surface area contributed by atoms with Crippen molar-refractivity contribution in [2.45, 2.75) is 51.2 Å². The first kappa shape index (κ1) is 20.1. The van der Waals surface area contributed by atoms with Crippen molar-refractivity contribution < 1.29 is 9.53 Å². The second-order valence-corrected chi connectivity index (χ2v) is 8.28. The predicted molar refractivity (Wildman–Crippen MR) is 113 cm³/mol. The highest BCUT2D eigenvalue weighted by Gasteiger charge is 2.21. The SMILES string of the molecule is O=C(CCC1CCN(Cc2cccn2-c2cccnc2)CC1)NC[C@H]1CCCO1. The molecule has 2 aliphatic rings. The van der Waals surface area contributed by atoms with Crippen LogP contribution in [0.15, 0.2) is 42.9 Å². The number of carbonyl (C=O) groups excluding carboxylic acids is 1. The molecule has 2 aromatic heterocycles. The maximum absolute atomic E-state index is 12.1. The number of ether oxygens (including phenoxy) is 1. The average molecular weight is 397 g/mol. The van der Waals surface area contributed by atoms with Crippen LogP contribution >= 0.6 is 0 Å². The molecule has 29 heavy (non-hydrogen) atoms. The zero-order chi connectivity index (χ0) is 19.9. The first-order chi connectivity index (χ1) is 14.3. The van der Waals surface area contributed by atoms with Gasteiger partial charge < -0.3 is 14.6 Å². The Labute approximate surface area is 173 Å². The normalized spacial score (nSPS) is 20.8. The number of pyridine rings is 1. The van der Waals surface area contributed by atoms with Crippen LogP contribution in [0.5, 0.6) is 0 Å². The second kappa shape index (κ2) is 10.0. The molecule has 2 fully saturated rings. The van der Waals surface area contributed by atoms with Crippen LogP contribution in [0, 0.1) is 5.92 Å². The van der Waals surface area contributed by atoms with E-state index < -0.39 is 0 Å². The third kappa shape index (κ3) is 5.67. The van der Waals surface area contributed by atoms with Crippen LogP contribution in [0.4, 0.5) is 0 Å². The predicted octanol–water partition coefficient (Wildman–Crippen LogP) is 3.16.